The van der Waals surface area contributed by atoms with E-state index in [1.807, 2.05) is 0 Å². The van der Waals surface area contributed by atoms with Gasteiger partial charge in [-0.25, -0.2) is 8.60 Å². The van der Waals surface area contributed by atoms with Crippen LogP contribution < -0.4 is 5.32 Å². The monoisotopic (exact) mass is 439 g/mol. The number of likely N-dealkylation sites (tertiary alicyclic amines) is 1. The number of aliphatic hydroxyl groups is 1. The molecule has 0 spiro atoms. The fraction of sp³-hybridized carbons (Fsp3) is 0.316. The van der Waals surface area contributed by atoms with Gasteiger partial charge in [0.15, 0.2) is 0 Å². The molecule has 1 heterocycles. The third-order valence-electron chi connectivity index (χ3n) is 4.57. The van der Waals surface area contributed by atoms with Crippen LogP contribution in [-0.2, 0) is 27.1 Å². The third-order valence-corrected chi connectivity index (χ3v) is 5.28. The molecule has 2 amide bonds. The van der Waals surface area contributed by atoms with Crippen molar-refractivity contribution in [2.75, 3.05) is 12.8 Å². The Kier molecular flexibility index (Phi) is 6.30. The van der Waals surface area contributed by atoms with E-state index in [0.29, 0.717) is 23.4 Å². The standard InChI is InChI=1S/C19H19ClFN3O4S/c1-29(28)23-15-2-4-16(5-3-15)24-7-6-19(27,18(24)26)17(25)22-11-12-8-13(20)10-14(21)9-12/h2,4-5,8-10,27H,3,6-7,11H2,1H3,(H,22,25). The number of carbonyl (C=O) groups is 2. The molecular formula is C19H19ClFN3O4S. The first-order chi connectivity index (χ1) is 13.7. The summed E-state index contributed by atoms with van der Waals surface area (Å²) >= 11 is 5.79. The predicted octanol–water partition coefficient (Wildman–Crippen LogP) is 1.64. The van der Waals surface area contributed by atoms with Gasteiger partial charge in [-0.3, -0.25) is 9.59 Å². The first kappa shape index (κ1) is 21.4. The number of rotatable bonds is 5. The van der Waals surface area contributed by atoms with Crippen LogP contribution in [0, 0.1) is 5.82 Å². The van der Waals surface area contributed by atoms with E-state index < -0.39 is 34.2 Å². The van der Waals surface area contributed by atoms with Crippen molar-refractivity contribution >= 4 is 40.1 Å². The second-order valence-corrected chi connectivity index (χ2v) is 8.17. The minimum absolute atomic E-state index is 0.0767. The summed E-state index contributed by atoms with van der Waals surface area (Å²) in [5.41, 5.74) is -0.641. The van der Waals surface area contributed by atoms with Crippen molar-refractivity contribution in [1.29, 1.82) is 0 Å². The van der Waals surface area contributed by atoms with Crippen LogP contribution in [0.1, 0.15) is 18.4 Å². The minimum Gasteiger partial charge on any atom is -0.372 e. The van der Waals surface area contributed by atoms with Gasteiger partial charge in [-0.1, -0.05) is 17.7 Å². The maximum Gasteiger partial charge on any atom is 0.268 e. The smallest absolute Gasteiger partial charge is 0.268 e. The molecule has 1 saturated heterocycles. The third kappa shape index (κ3) is 4.80. The number of nitrogens with zero attached hydrogens (tertiary/aromatic N) is 2. The average Bonchev–Trinajstić information content (AvgIpc) is 2.95. The van der Waals surface area contributed by atoms with E-state index in [-0.39, 0.29) is 24.5 Å². The number of hydrogen-bond acceptors (Lipinski definition) is 4. The summed E-state index contributed by atoms with van der Waals surface area (Å²) in [4.78, 5) is 26.6. The Morgan fingerprint density at radius 3 is 2.79 bits per heavy atom. The fourth-order valence-corrected chi connectivity index (χ4v) is 3.87. The first-order valence-electron chi connectivity index (χ1n) is 8.76. The molecular weight excluding hydrogens is 421 g/mol. The molecule has 2 unspecified atom stereocenters. The van der Waals surface area contributed by atoms with Crippen molar-refractivity contribution in [3.8, 4) is 0 Å². The number of halogens is 2. The normalized spacial score (nSPS) is 24.0. The lowest BCUT2D eigenvalue weighted by atomic mass is 10.0. The van der Waals surface area contributed by atoms with Crippen LogP contribution in [0.2, 0.25) is 5.02 Å². The Morgan fingerprint density at radius 2 is 2.17 bits per heavy atom. The van der Waals surface area contributed by atoms with Gasteiger partial charge in [0.25, 0.3) is 11.8 Å². The second-order valence-electron chi connectivity index (χ2n) is 6.70. The maximum atomic E-state index is 13.4. The molecule has 2 aliphatic rings. The van der Waals surface area contributed by atoms with E-state index in [1.54, 1.807) is 18.2 Å². The molecule has 1 aliphatic heterocycles. The molecule has 1 aromatic carbocycles. The van der Waals surface area contributed by atoms with Crippen LogP contribution in [-0.4, -0.2) is 50.1 Å². The van der Waals surface area contributed by atoms with Gasteiger partial charge in [0.05, 0.1) is 5.71 Å². The molecule has 2 N–H and O–H groups in total. The summed E-state index contributed by atoms with van der Waals surface area (Å²) in [6.07, 6.45) is 6.77. The second kappa shape index (κ2) is 8.56. The molecule has 3 rings (SSSR count). The van der Waals surface area contributed by atoms with Crippen molar-refractivity contribution in [2.24, 2.45) is 4.40 Å². The molecule has 0 aromatic heterocycles. The molecule has 2 atom stereocenters. The summed E-state index contributed by atoms with van der Waals surface area (Å²) in [5.74, 6) is -2.13. The maximum absolute atomic E-state index is 13.4. The minimum atomic E-state index is -2.20. The number of benzene rings is 1. The van der Waals surface area contributed by atoms with Crippen LogP contribution in [0.4, 0.5) is 4.39 Å². The van der Waals surface area contributed by atoms with Crippen molar-refractivity contribution in [3.63, 3.8) is 0 Å². The highest BCUT2D eigenvalue weighted by Crippen LogP contribution is 2.28. The van der Waals surface area contributed by atoms with Crippen molar-refractivity contribution in [2.45, 2.75) is 25.0 Å². The molecule has 10 heteroatoms. The Morgan fingerprint density at radius 1 is 1.41 bits per heavy atom. The molecule has 29 heavy (non-hydrogen) atoms. The van der Waals surface area contributed by atoms with Crippen LogP contribution in [0.3, 0.4) is 0 Å². The molecule has 154 valence electrons. The van der Waals surface area contributed by atoms with Gasteiger partial charge in [-0.15, -0.1) is 0 Å². The van der Waals surface area contributed by atoms with Crippen molar-refractivity contribution in [1.82, 2.24) is 10.2 Å². The van der Waals surface area contributed by atoms with Gasteiger partial charge in [0, 0.05) is 42.9 Å². The van der Waals surface area contributed by atoms with Gasteiger partial charge in [-0.2, -0.15) is 4.40 Å². The number of allylic oxidation sites excluding steroid dienone is 3. The number of hydrogen-bond donors (Lipinski definition) is 2. The summed E-state index contributed by atoms with van der Waals surface area (Å²) < 4.78 is 28.5. The topological polar surface area (TPSA) is 99.1 Å². The van der Waals surface area contributed by atoms with Crippen LogP contribution >= 0.6 is 11.6 Å². The highest BCUT2D eigenvalue weighted by Gasteiger charge is 2.51. The van der Waals surface area contributed by atoms with E-state index in [0.717, 1.165) is 6.07 Å². The van der Waals surface area contributed by atoms with Gasteiger partial charge >= 0.3 is 0 Å². The van der Waals surface area contributed by atoms with E-state index in [4.69, 9.17) is 11.6 Å². The quantitative estimate of drug-likeness (QED) is 0.681. The van der Waals surface area contributed by atoms with E-state index in [1.165, 1.54) is 23.3 Å². The molecule has 0 radical (unpaired) electrons. The summed E-state index contributed by atoms with van der Waals surface area (Å²) in [7, 11) is -1.32. The number of amides is 2. The Labute approximate surface area is 174 Å². The highest BCUT2D eigenvalue weighted by atomic mass is 35.5. The van der Waals surface area contributed by atoms with E-state index in [9.17, 15) is 23.3 Å². The van der Waals surface area contributed by atoms with E-state index >= 15 is 0 Å². The Bertz CT molecular complexity index is 958. The van der Waals surface area contributed by atoms with Gasteiger partial charge in [0.2, 0.25) is 5.60 Å². The van der Waals surface area contributed by atoms with Crippen molar-refractivity contribution < 1.29 is 23.3 Å². The van der Waals surface area contributed by atoms with Crippen LogP contribution in [0.25, 0.3) is 0 Å². The largest absolute Gasteiger partial charge is 0.372 e. The molecule has 1 aliphatic carbocycles. The lowest BCUT2D eigenvalue weighted by Crippen LogP contribution is -2.52. The molecule has 1 aromatic rings. The number of nitrogens with one attached hydrogen (secondary N) is 1. The molecule has 0 saturated carbocycles. The zero-order valence-electron chi connectivity index (χ0n) is 15.5. The molecule has 0 bridgehead atoms. The summed E-state index contributed by atoms with van der Waals surface area (Å²) in [6, 6.07) is 3.83. The van der Waals surface area contributed by atoms with Gasteiger partial charge in [0.1, 0.15) is 16.8 Å². The number of carbonyl (C=O) groups excluding carboxylic acids is 2. The van der Waals surface area contributed by atoms with Gasteiger partial charge in [-0.05, 0) is 35.9 Å². The van der Waals surface area contributed by atoms with Crippen LogP contribution in [0.5, 0.6) is 0 Å². The van der Waals surface area contributed by atoms with E-state index in [2.05, 4.69) is 9.71 Å². The summed E-state index contributed by atoms with van der Waals surface area (Å²) in [6.45, 7) is 0.0827. The zero-order chi connectivity index (χ0) is 21.2. The molecule has 7 nitrogen and oxygen atoms in total. The molecule has 1 fully saturated rings. The van der Waals surface area contributed by atoms with Crippen LogP contribution in [0.15, 0.2) is 46.5 Å². The SMILES string of the molecule is CS(=O)N=C1C=CC(N2CCC(O)(C(=O)NCc3cc(F)cc(Cl)c3)C2=O)=CC1. The Balaban J connectivity index is 1.66. The lowest BCUT2D eigenvalue weighted by Gasteiger charge is -2.23. The van der Waals surface area contributed by atoms with Crippen molar-refractivity contribution in [3.05, 3.63) is 58.5 Å². The highest BCUT2D eigenvalue weighted by molar-refractivity contribution is 7.83. The fourth-order valence-electron chi connectivity index (χ4n) is 3.16. The van der Waals surface area contributed by atoms with Gasteiger partial charge < -0.3 is 15.3 Å². The Hall–Kier alpha value is -2.36. The summed E-state index contributed by atoms with van der Waals surface area (Å²) in [5, 5.41) is 13.3. The predicted molar refractivity (Wildman–Crippen MR) is 108 cm³/mol. The lowest BCUT2D eigenvalue weighted by molar-refractivity contribution is -0.153. The average molecular weight is 440 g/mol. The first-order valence-corrected chi connectivity index (χ1v) is 10.7. The zero-order valence-corrected chi connectivity index (χ0v) is 17.1.